The third-order valence-electron chi connectivity index (χ3n) is 3.83. The van der Waals surface area contributed by atoms with Gasteiger partial charge in [0.05, 0.1) is 0 Å². The van der Waals surface area contributed by atoms with Gasteiger partial charge in [0, 0.05) is 12.5 Å². The highest BCUT2D eigenvalue weighted by Crippen LogP contribution is 2.09. The van der Waals surface area contributed by atoms with Crippen molar-refractivity contribution in [1.29, 1.82) is 0 Å². The lowest BCUT2D eigenvalue weighted by molar-refractivity contribution is -0.137. The molecule has 146 valence electrons. The van der Waals surface area contributed by atoms with Gasteiger partial charge in [-0.15, -0.1) is 0 Å². The maximum atomic E-state index is 10.3. The van der Waals surface area contributed by atoms with E-state index in [9.17, 15) is 9.59 Å². The monoisotopic (exact) mass is 354 g/mol. The molecule has 0 amide bonds. The topological polar surface area (TPSA) is 74.6 Å². The molecule has 0 aliphatic heterocycles. The molecule has 25 heavy (non-hydrogen) atoms. The number of hydrogen-bond acceptors (Lipinski definition) is 2. The third kappa shape index (κ3) is 30.8. The predicted molar refractivity (Wildman–Crippen MR) is 105 cm³/mol. The van der Waals surface area contributed by atoms with Crippen molar-refractivity contribution >= 4 is 11.9 Å². The van der Waals surface area contributed by atoms with E-state index >= 15 is 0 Å². The van der Waals surface area contributed by atoms with Gasteiger partial charge >= 0.3 is 11.9 Å². The van der Waals surface area contributed by atoms with Gasteiger partial charge < -0.3 is 10.2 Å². The van der Waals surface area contributed by atoms with Gasteiger partial charge in [0.25, 0.3) is 0 Å². The van der Waals surface area contributed by atoms with E-state index < -0.39 is 11.9 Å². The highest BCUT2D eigenvalue weighted by Gasteiger charge is 1.95. The lowest BCUT2D eigenvalue weighted by Gasteiger charge is -1.99. The molecule has 0 saturated carbocycles. The van der Waals surface area contributed by atoms with Crippen molar-refractivity contribution in [3.05, 3.63) is 24.8 Å². The second-order valence-corrected chi connectivity index (χ2v) is 6.27. The fourth-order valence-electron chi connectivity index (χ4n) is 2.35. The minimum Gasteiger partial charge on any atom is -0.481 e. The fraction of sp³-hybridized carbons (Fsp3) is 0.714. The summed E-state index contributed by atoms with van der Waals surface area (Å²) >= 11 is 0. The van der Waals surface area contributed by atoms with E-state index in [1.165, 1.54) is 70.6 Å². The number of aliphatic carboxylic acids is 2. The zero-order valence-corrected chi connectivity index (χ0v) is 16.0. The number of carbonyl (C=O) groups is 2. The number of carboxylic acids is 2. The maximum absolute atomic E-state index is 10.3. The van der Waals surface area contributed by atoms with Gasteiger partial charge in [0.2, 0.25) is 0 Å². The van der Waals surface area contributed by atoms with Crippen LogP contribution in [0.1, 0.15) is 96.8 Å². The van der Waals surface area contributed by atoms with Crippen LogP contribution in [-0.4, -0.2) is 22.2 Å². The van der Waals surface area contributed by atoms with E-state index in [-0.39, 0.29) is 0 Å². The van der Waals surface area contributed by atoms with Gasteiger partial charge in [-0.25, -0.2) is 4.79 Å². The molecule has 0 aliphatic carbocycles. The van der Waals surface area contributed by atoms with Gasteiger partial charge in [0.15, 0.2) is 0 Å². The molecule has 0 aromatic heterocycles. The molecule has 0 aliphatic rings. The summed E-state index contributed by atoms with van der Waals surface area (Å²) in [6.45, 7) is 5.22. The first-order valence-corrected chi connectivity index (χ1v) is 9.76. The zero-order valence-electron chi connectivity index (χ0n) is 16.0. The molecule has 0 rings (SSSR count). The highest BCUT2D eigenvalue weighted by molar-refractivity contribution is 5.78. The number of allylic oxidation sites excluding steroid dienone is 2. The van der Waals surface area contributed by atoms with Crippen LogP contribution < -0.4 is 0 Å². The lowest BCUT2D eigenvalue weighted by atomic mass is 10.1. The second-order valence-electron chi connectivity index (χ2n) is 6.27. The van der Waals surface area contributed by atoms with Crippen LogP contribution in [0, 0.1) is 0 Å². The summed E-state index contributed by atoms with van der Waals surface area (Å²) in [5, 5.41) is 16.1. The number of carboxylic acid groups (broad SMARTS) is 2. The van der Waals surface area contributed by atoms with Crippen LogP contribution in [0.5, 0.6) is 0 Å². The fourth-order valence-corrected chi connectivity index (χ4v) is 2.35. The van der Waals surface area contributed by atoms with E-state index in [1.54, 1.807) is 0 Å². The Bertz CT molecular complexity index is 348. The molecular formula is C21H38O4. The van der Waals surface area contributed by atoms with Gasteiger partial charge in [-0.2, -0.15) is 0 Å². The van der Waals surface area contributed by atoms with Crippen molar-refractivity contribution in [3.8, 4) is 0 Å². The van der Waals surface area contributed by atoms with Crippen molar-refractivity contribution in [3.63, 3.8) is 0 Å². The van der Waals surface area contributed by atoms with Crippen LogP contribution >= 0.6 is 0 Å². The summed E-state index contributed by atoms with van der Waals surface area (Å²) in [5.74, 6) is -1.65. The Hall–Kier alpha value is -1.58. The molecule has 4 nitrogen and oxygen atoms in total. The predicted octanol–water partition coefficient (Wildman–Crippen LogP) is 6.37. The molecule has 0 radical (unpaired) electrons. The Labute approximate surface area is 154 Å². The van der Waals surface area contributed by atoms with Crippen LogP contribution in [0.4, 0.5) is 0 Å². The van der Waals surface area contributed by atoms with Crippen LogP contribution in [0.3, 0.4) is 0 Å². The molecule has 0 spiro atoms. The minimum absolute atomic E-state index is 0.332. The first-order chi connectivity index (χ1) is 12.0. The normalized spacial score (nSPS) is 10.3. The van der Waals surface area contributed by atoms with Crippen molar-refractivity contribution in [2.24, 2.45) is 0 Å². The lowest BCUT2D eigenvalue weighted by Crippen LogP contribution is -1.93. The van der Waals surface area contributed by atoms with Crippen molar-refractivity contribution in [1.82, 2.24) is 0 Å². The smallest absolute Gasteiger partial charge is 0.327 e. The molecule has 0 aromatic rings. The summed E-state index contributed by atoms with van der Waals surface area (Å²) in [6.07, 6.45) is 22.1. The molecule has 0 atom stereocenters. The van der Waals surface area contributed by atoms with E-state index in [0.717, 1.165) is 18.9 Å². The summed E-state index contributed by atoms with van der Waals surface area (Å²) in [7, 11) is 0. The Morgan fingerprint density at radius 1 is 0.760 bits per heavy atom. The molecular weight excluding hydrogens is 316 g/mol. The maximum Gasteiger partial charge on any atom is 0.327 e. The van der Waals surface area contributed by atoms with Crippen LogP contribution in [0.25, 0.3) is 0 Å². The van der Waals surface area contributed by atoms with Crippen LogP contribution in [-0.2, 0) is 9.59 Å². The van der Waals surface area contributed by atoms with Crippen molar-refractivity contribution < 1.29 is 19.8 Å². The molecule has 2 N–H and O–H groups in total. The quantitative estimate of drug-likeness (QED) is 0.192. The molecule has 0 bridgehead atoms. The number of rotatable bonds is 16. The minimum atomic E-state index is -0.981. The molecule has 0 unspecified atom stereocenters. The number of hydrogen-bond donors (Lipinski definition) is 2. The van der Waals surface area contributed by atoms with Gasteiger partial charge in [-0.05, 0) is 32.1 Å². The molecule has 0 heterocycles. The first kappa shape index (κ1) is 25.7. The van der Waals surface area contributed by atoms with Gasteiger partial charge in [-0.3, -0.25) is 4.79 Å². The van der Waals surface area contributed by atoms with Gasteiger partial charge in [-0.1, -0.05) is 77.0 Å². The summed E-state index contributed by atoms with van der Waals surface area (Å²) in [4.78, 5) is 19.6. The first-order valence-electron chi connectivity index (χ1n) is 9.76. The molecule has 4 heteroatoms. The SMILES string of the molecule is C=CC(=O)O.CCCCCCCC/C=C\CCCCCCCC(=O)O. The standard InChI is InChI=1S/C18H34O2.C3H4O2/c1-2-3-4-5-6-7-8-9-10-11-12-13-14-15-16-17-18(19)20;1-2-3(4)5/h9-10H,2-8,11-17H2,1H3,(H,19,20);2H,1H2,(H,4,5)/b10-9-;. The zero-order chi connectivity index (χ0) is 19.2. The summed E-state index contributed by atoms with van der Waals surface area (Å²) < 4.78 is 0. The summed E-state index contributed by atoms with van der Waals surface area (Å²) in [5.41, 5.74) is 0. The van der Waals surface area contributed by atoms with Crippen molar-refractivity contribution in [2.75, 3.05) is 0 Å². The van der Waals surface area contributed by atoms with E-state index in [0.29, 0.717) is 6.42 Å². The Morgan fingerprint density at radius 3 is 1.56 bits per heavy atom. The highest BCUT2D eigenvalue weighted by atomic mass is 16.4. The molecule has 0 aromatic carbocycles. The average molecular weight is 355 g/mol. The van der Waals surface area contributed by atoms with E-state index in [2.05, 4.69) is 25.7 Å². The van der Waals surface area contributed by atoms with E-state index in [1.807, 2.05) is 0 Å². The second kappa shape index (κ2) is 22.4. The Kier molecular flexibility index (Phi) is 23.0. The molecule has 0 fully saturated rings. The molecule has 0 saturated heterocycles. The number of unbranched alkanes of at least 4 members (excludes halogenated alkanes) is 11. The van der Waals surface area contributed by atoms with Crippen LogP contribution in [0.2, 0.25) is 0 Å². The third-order valence-corrected chi connectivity index (χ3v) is 3.83. The average Bonchev–Trinajstić information content (AvgIpc) is 2.58. The largest absolute Gasteiger partial charge is 0.481 e. The Morgan fingerprint density at radius 2 is 1.16 bits per heavy atom. The summed E-state index contributed by atoms with van der Waals surface area (Å²) in [6, 6.07) is 0. The van der Waals surface area contributed by atoms with Crippen molar-refractivity contribution in [2.45, 2.75) is 96.8 Å². The van der Waals surface area contributed by atoms with Gasteiger partial charge in [0.1, 0.15) is 0 Å². The Balaban J connectivity index is 0. The van der Waals surface area contributed by atoms with E-state index in [4.69, 9.17) is 10.2 Å². The van der Waals surface area contributed by atoms with Crippen LogP contribution in [0.15, 0.2) is 24.8 Å².